The first kappa shape index (κ1) is 13.5. The van der Waals surface area contributed by atoms with Gasteiger partial charge in [0, 0.05) is 17.0 Å². The molecule has 2 heteroatoms. The van der Waals surface area contributed by atoms with Crippen molar-refractivity contribution in [1.82, 2.24) is 0 Å². The minimum atomic E-state index is 0.155. The van der Waals surface area contributed by atoms with Crippen molar-refractivity contribution < 1.29 is 0 Å². The Kier molecular flexibility index (Phi) is 3.61. The molecule has 0 heterocycles. The molecule has 19 heavy (non-hydrogen) atoms. The highest BCUT2D eigenvalue weighted by atomic mass is 35.5. The van der Waals surface area contributed by atoms with E-state index in [0.717, 1.165) is 11.6 Å². The van der Waals surface area contributed by atoms with Gasteiger partial charge in [0.25, 0.3) is 0 Å². The molecule has 1 spiro atoms. The number of halogens is 1. The Morgan fingerprint density at radius 2 is 1.63 bits per heavy atom. The minimum Gasteiger partial charge on any atom is -0.330 e. The third kappa shape index (κ3) is 2.32. The van der Waals surface area contributed by atoms with Gasteiger partial charge in [0.15, 0.2) is 0 Å². The van der Waals surface area contributed by atoms with Crippen molar-refractivity contribution in [2.45, 2.75) is 56.8 Å². The van der Waals surface area contributed by atoms with Gasteiger partial charge < -0.3 is 5.73 Å². The lowest BCUT2D eigenvalue weighted by atomic mass is 9.48. The van der Waals surface area contributed by atoms with Gasteiger partial charge in [0.05, 0.1) is 0 Å². The van der Waals surface area contributed by atoms with Gasteiger partial charge in [-0.1, -0.05) is 55.5 Å². The number of nitrogens with two attached hydrogens (primary N) is 1. The highest BCUT2D eigenvalue weighted by Crippen LogP contribution is 2.61. The lowest BCUT2D eigenvalue weighted by Crippen LogP contribution is -2.53. The summed E-state index contributed by atoms with van der Waals surface area (Å²) in [4.78, 5) is 0. The molecule has 0 amide bonds. The Balaban J connectivity index is 1.83. The van der Waals surface area contributed by atoms with E-state index in [1.807, 2.05) is 12.1 Å². The molecule has 0 saturated heterocycles. The fraction of sp³-hybridized carbons (Fsp3) is 0.647. The molecule has 2 saturated carbocycles. The van der Waals surface area contributed by atoms with Crippen LogP contribution in [-0.4, -0.2) is 6.54 Å². The molecule has 104 valence electrons. The molecule has 2 N–H and O–H groups in total. The second-order valence-electron chi connectivity index (χ2n) is 6.73. The smallest absolute Gasteiger partial charge is 0.0444 e. The maximum absolute atomic E-state index is 6.40. The van der Waals surface area contributed by atoms with Crippen molar-refractivity contribution in [3.05, 3.63) is 34.9 Å². The van der Waals surface area contributed by atoms with Crippen molar-refractivity contribution in [3.63, 3.8) is 0 Å². The van der Waals surface area contributed by atoms with Gasteiger partial charge in [-0.2, -0.15) is 0 Å². The van der Waals surface area contributed by atoms with Crippen LogP contribution in [0, 0.1) is 5.41 Å². The largest absolute Gasteiger partial charge is 0.330 e. The van der Waals surface area contributed by atoms with Crippen LogP contribution in [0.25, 0.3) is 0 Å². The Morgan fingerprint density at radius 1 is 1.00 bits per heavy atom. The summed E-state index contributed by atoms with van der Waals surface area (Å²) in [5.74, 6) is 0. The first-order valence-corrected chi connectivity index (χ1v) is 8.03. The average Bonchev–Trinajstić information content (AvgIpc) is 2.63. The van der Waals surface area contributed by atoms with Crippen LogP contribution in [0.4, 0.5) is 0 Å². The van der Waals surface area contributed by atoms with Crippen LogP contribution in [-0.2, 0) is 5.41 Å². The van der Waals surface area contributed by atoms with Crippen LogP contribution in [0.2, 0.25) is 5.02 Å². The van der Waals surface area contributed by atoms with Crippen molar-refractivity contribution in [2.24, 2.45) is 11.1 Å². The van der Waals surface area contributed by atoms with E-state index in [0.29, 0.717) is 5.41 Å². The van der Waals surface area contributed by atoms with Gasteiger partial charge in [-0.25, -0.2) is 0 Å². The van der Waals surface area contributed by atoms with E-state index in [1.54, 1.807) is 0 Å². The first-order chi connectivity index (χ1) is 9.20. The third-order valence-corrected chi connectivity index (χ3v) is 5.76. The summed E-state index contributed by atoms with van der Waals surface area (Å²) >= 11 is 6.40. The fourth-order valence-corrected chi connectivity index (χ4v) is 4.89. The van der Waals surface area contributed by atoms with Gasteiger partial charge in [-0.15, -0.1) is 0 Å². The molecule has 0 aromatic heterocycles. The molecule has 2 fully saturated rings. The molecule has 0 atom stereocenters. The maximum atomic E-state index is 6.40. The molecule has 0 aliphatic heterocycles. The molecule has 0 unspecified atom stereocenters. The van der Waals surface area contributed by atoms with Crippen molar-refractivity contribution in [2.75, 3.05) is 6.54 Å². The summed E-state index contributed by atoms with van der Waals surface area (Å²) in [6, 6.07) is 8.29. The van der Waals surface area contributed by atoms with Gasteiger partial charge in [0.2, 0.25) is 0 Å². The predicted molar refractivity (Wildman–Crippen MR) is 81.6 cm³/mol. The first-order valence-electron chi connectivity index (χ1n) is 7.65. The van der Waals surface area contributed by atoms with Crippen molar-refractivity contribution in [3.8, 4) is 0 Å². The zero-order valence-electron chi connectivity index (χ0n) is 11.6. The second-order valence-corrected chi connectivity index (χ2v) is 7.14. The minimum absolute atomic E-state index is 0.155. The van der Waals surface area contributed by atoms with E-state index in [-0.39, 0.29) is 5.41 Å². The third-order valence-electron chi connectivity index (χ3n) is 5.43. The quantitative estimate of drug-likeness (QED) is 0.835. The monoisotopic (exact) mass is 277 g/mol. The van der Waals surface area contributed by atoms with Crippen LogP contribution in [0.5, 0.6) is 0 Å². The van der Waals surface area contributed by atoms with E-state index in [1.165, 1.54) is 56.9 Å². The van der Waals surface area contributed by atoms with Crippen molar-refractivity contribution >= 4 is 11.6 Å². The predicted octanol–water partition coefficient (Wildman–Crippen LogP) is 4.67. The molecule has 0 bridgehead atoms. The van der Waals surface area contributed by atoms with E-state index >= 15 is 0 Å². The molecule has 2 aliphatic rings. The van der Waals surface area contributed by atoms with E-state index in [4.69, 9.17) is 17.3 Å². The molecule has 1 aromatic carbocycles. The zero-order chi connectivity index (χ0) is 13.3. The molecule has 0 radical (unpaired) electrons. The van der Waals surface area contributed by atoms with Gasteiger partial charge >= 0.3 is 0 Å². The Morgan fingerprint density at radius 3 is 2.21 bits per heavy atom. The summed E-state index contributed by atoms with van der Waals surface area (Å²) in [6.45, 7) is 0.735. The number of hydrogen-bond donors (Lipinski definition) is 1. The summed E-state index contributed by atoms with van der Waals surface area (Å²) in [6.07, 6.45) is 11.0. The molecular formula is C17H24ClN. The SMILES string of the molecule is NCC1(c2ccccc2Cl)CC2(CCCCCC2)C1. The summed E-state index contributed by atoms with van der Waals surface area (Å²) < 4.78 is 0. The molecule has 2 aliphatic carbocycles. The molecule has 3 rings (SSSR count). The van der Waals surface area contributed by atoms with Gasteiger partial charge in [0.1, 0.15) is 0 Å². The standard InChI is InChI=1S/C17H24ClN/c18-15-8-4-3-7-14(15)17(13-19)11-16(12-17)9-5-1-2-6-10-16/h3-4,7-8H,1-2,5-6,9-13,19H2. The van der Waals surface area contributed by atoms with Gasteiger partial charge in [-0.05, 0) is 42.7 Å². The van der Waals surface area contributed by atoms with Crippen LogP contribution < -0.4 is 5.73 Å². The Labute approximate surface area is 121 Å². The topological polar surface area (TPSA) is 26.0 Å². The summed E-state index contributed by atoms with van der Waals surface area (Å²) in [7, 11) is 0. The Bertz CT molecular complexity index is 438. The maximum Gasteiger partial charge on any atom is 0.0444 e. The lowest BCUT2D eigenvalue weighted by molar-refractivity contribution is 0.0113. The molecular weight excluding hydrogens is 254 g/mol. The lowest BCUT2D eigenvalue weighted by Gasteiger charge is -2.57. The van der Waals surface area contributed by atoms with Crippen LogP contribution in [0.3, 0.4) is 0 Å². The van der Waals surface area contributed by atoms with E-state index < -0.39 is 0 Å². The fourth-order valence-electron chi connectivity index (χ4n) is 4.55. The van der Waals surface area contributed by atoms with Crippen LogP contribution >= 0.6 is 11.6 Å². The van der Waals surface area contributed by atoms with E-state index in [9.17, 15) is 0 Å². The zero-order valence-corrected chi connectivity index (χ0v) is 12.4. The summed E-state index contributed by atoms with van der Waals surface area (Å²) in [5.41, 5.74) is 8.16. The summed E-state index contributed by atoms with van der Waals surface area (Å²) in [5, 5.41) is 0.899. The second kappa shape index (κ2) is 5.10. The van der Waals surface area contributed by atoms with E-state index in [2.05, 4.69) is 12.1 Å². The molecule has 1 aromatic rings. The Hall–Kier alpha value is -0.530. The molecule has 1 nitrogen and oxygen atoms in total. The average molecular weight is 278 g/mol. The highest BCUT2D eigenvalue weighted by molar-refractivity contribution is 6.31. The van der Waals surface area contributed by atoms with Crippen molar-refractivity contribution in [1.29, 1.82) is 0 Å². The van der Waals surface area contributed by atoms with Gasteiger partial charge in [-0.3, -0.25) is 0 Å². The van der Waals surface area contributed by atoms with Crippen LogP contribution in [0.15, 0.2) is 24.3 Å². The normalized spacial score (nSPS) is 24.7. The number of rotatable bonds is 2. The number of hydrogen-bond acceptors (Lipinski definition) is 1. The highest BCUT2D eigenvalue weighted by Gasteiger charge is 2.54. The number of benzene rings is 1. The van der Waals surface area contributed by atoms with Crippen LogP contribution in [0.1, 0.15) is 56.9 Å².